The van der Waals surface area contributed by atoms with Gasteiger partial charge in [0.25, 0.3) is 0 Å². The van der Waals surface area contributed by atoms with Crippen molar-refractivity contribution in [2.75, 3.05) is 6.54 Å². The van der Waals surface area contributed by atoms with E-state index in [9.17, 15) is 0 Å². The quantitative estimate of drug-likeness (QED) is 0.822. The predicted molar refractivity (Wildman–Crippen MR) is 84.4 cm³/mol. The molecule has 2 aromatic rings. The molecule has 0 radical (unpaired) electrons. The van der Waals surface area contributed by atoms with Crippen LogP contribution >= 0.6 is 23.4 Å². The summed E-state index contributed by atoms with van der Waals surface area (Å²) >= 11 is 7.66. The summed E-state index contributed by atoms with van der Waals surface area (Å²) in [5.74, 6) is 0.717. The molecule has 0 aromatic carbocycles. The Kier molecular flexibility index (Phi) is 5.55. The third kappa shape index (κ3) is 5.26. The van der Waals surface area contributed by atoms with E-state index in [1.165, 1.54) is 0 Å². The van der Waals surface area contributed by atoms with Gasteiger partial charge < -0.3 is 5.32 Å². The molecule has 2 heterocycles. The lowest BCUT2D eigenvalue weighted by atomic mass is 10.1. The molecule has 6 nitrogen and oxygen atoms in total. The lowest BCUT2D eigenvalue weighted by molar-refractivity contribution is 0.396. The second-order valence-corrected chi connectivity index (χ2v) is 6.97. The van der Waals surface area contributed by atoms with E-state index in [1.807, 2.05) is 6.07 Å². The Labute approximate surface area is 133 Å². The molecule has 2 aromatic heterocycles. The highest BCUT2D eigenvalue weighted by molar-refractivity contribution is 7.98. The van der Waals surface area contributed by atoms with Crippen molar-refractivity contribution in [3.8, 4) is 0 Å². The molecular formula is C13H19ClN6S. The minimum absolute atomic E-state index is 0.0892. The zero-order chi connectivity index (χ0) is 15.3. The van der Waals surface area contributed by atoms with Crippen LogP contribution in [0.3, 0.4) is 0 Å². The molecule has 2 rings (SSSR count). The van der Waals surface area contributed by atoms with E-state index in [4.69, 9.17) is 11.6 Å². The number of halogens is 1. The highest BCUT2D eigenvalue weighted by Gasteiger charge is 2.11. The number of nitrogens with one attached hydrogen (secondary N) is 1. The van der Waals surface area contributed by atoms with Gasteiger partial charge in [0.05, 0.1) is 11.6 Å². The van der Waals surface area contributed by atoms with Crippen LogP contribution < -0.4 is 5.32 Å². The molecule has 0 saturated heterocycles. The molecule has 0 fully saturated rings. The van der Waals surface area contributed by atoms with E-state index in [-0.39, 0.29) is 5.54 Å². The molecule has 0 unspecified atom stereocenters. The molecule has 1 N–H and O–H groups in total. The predicted octanol–water partition coefficient (Wildman–Crippen LogP) is 2.40. The van der Waals surface area contributed by atoms with Gasteiger partial charge in [0.2, 0.25) is 5.16 Å². The van der Waals surface area contributed by atoms with Crippen LogP contribution in [0.1, 0.15) is 26.3 Å². The highest BCUT2D eigenvalue weighted by Crippen LogP contribution is 2.24. The monoisotopic (exact) mass is 326 g/mol. The Morgan fingerprint density at radius 3 is 2.90 bits per heavy atom. The number of aromatic nitrogens is 5. The van der Waals surface area contributed by atoms with Crippen molar-refractivity contribution in [2.24, 2.45) is 0 Å². The molecule has 0 aliphatic rings. The van der Waals surface area contributed by atoms with Gasteiger partial charge in [-0.2, -0.15) is 0 Å². The van der Waals surface area contributed by atoms with Gasteiger partial charge in [-0.25, -0.2) is 4.68 Å². The second-order valence-electron chi connectivity index (χ2n) is 5.62. The Balaban J connectivity index is 1.90. The molecule has 0 saturated carbocycles. The van der Waals surface area contributed by atoms with Crippen molar-refractivity contribution in [3.63, 3.8) is 0 Å². The minimum atomic E-state index is 0.0892. The van der Waals surface area contributed by atoms with Gasteiger partial charge in [0, 0.05) is 30.2 Å². The van der Waals surface area contributed by atoms with Gasteiger partial charge in [-0.1, -0.05) is 23.4 Å². The number of thioether (sulfide) groups is 1. The summed E-state index contributed by atoms with van der Waals surface area (Å²) in [6.45, 7) is 7.95. The van der Waals surface area contributed by atoms with E-state index >= 15 is 0 Å². The Bertz CT molecular complexity index is 580. The molecule has 0 bridgehead atoms. The first kappa shape index (κ1) is 16.2. The third-order valence-electron chi connectivity index (χ3n) is 2.69. The molecule has 114 valence electrons. The number of nitrogens with zero attached hydrogens (tertiary/aromatic N) is 5. The number of rotatable bonds is 6. The molecule has 0 aliphatic heterocycles. The van der Waals surface area contributed by atoms with E-state index < -0.39 is 0 Å². The molecule has 0 amide bonds. The van der Waals surface area contributed by atoms with Gasteiger partial charge in [0.1, 0.15) is 0 Å². The Morgan fingerprint density at radius 1 is 1.38 bits per heavy atom. The molecule has 0 spiro atoms. The fourth-order valence-corrected chi connectivity index (χ4v) is 2.81. The summed E-state index contributed by atoms with van der Waals surface area (Å²) in [6.07, 6.45) is 3.38. The van der Waals surface area contributed by atoms with E-state index in [0.717, 1.165) is 23.8 Å². The van der Waals surface area contributed by atoms with E-state index in [1.54, 1.807) is 28.8 Å². The maximum Gasteiger partial charge on any atom is 0.209 e. The van der Waals surface area contributed by atoms with Crippen molar-refractivity contribution in [2.45, 2.75) is 43.8 Å². The standard InChI is InChI=1S/C13H19ClN6S/c1-13(2,3)16-6-7-20-12(17-18-19-20)21-9-10-4-5-15-8-11(10)14/h4-5,8,16H,6-7,9H2,1-3H3. The first-order valence-corrected chi connectivity index (χ1v) is 8.04. The average molecular weight is 327 g/mol. The lowest BCUT2D eigenvalue weighted by Crippen LogP contribution is -2.38. The third-order valence-corrected chi connectivity index (χ3v) is 4.04. The molecule has 21 heavy (non-hydrogen) atoms. The lowest BCUT2D eigenvalue weighted by Gasteiger charge is -2.20. The Morgan fingerprint density at radius 2 is 2.19 bits per heavy atom. The van der Waals surface area contributed by atoms with Gasteiger partial charge in [-0.05, 0) is 42.8 Å². The summed E-state index contributed by atoms with van der Waals surface area (Å²) in [6, 6.07) is 1.91. The van der Waals surface area contributed by atoms with Crippen molar-refractivity contribution in [3.05, 3.63) is 29.0 Å². The maximum absolute atomic E-state index is 6.09. The summed E-state index contributed by atoms with van der Waals surface area (Å²) < 4.78 is 1.80. The molecular weight excluding hydrogens is 308 g/mol. The Hall–Kier alpha value is -1.18. The zero-order valence-corrected chi connectivity index (χ0v) is 13.9. The summed E-state index contributed by atoms with van der Waals surface area (Å²) in [5, 5.41) is 16.7. The summed E-state index contributed by atoms with van der Waals surface area (Å²) in [7, 11) is 0. The van der Waals surface area contributed by atoms with Crippen molar-refractivity contribution in [1.29, 1.82) is 0 Å². The topological polar surface area (TPSA) is 68.5 Å². The average Bonchev–Trinajstić information content (AvgIpc) is 2.84. The molecule has 0 atom stereocenters. The van der Waals surface area contributed by atoms with Crippen molar-refractivity contribution < 1.29 is 0 Å². The molecule has 8 heteroatoms. The molecule has 0 aliphatic carbocycles. The summed E-state index contributed by atoms with van der Waals surface area (Å²) in [5.41, 5.74) is 1.12. The fourth-order valence-electron chi connectivity index (χ4n) is 1.64. The normalized spacial score (nSPS) is 11.8. The SMILES string of the molecule is CC(C)(C)NCCn1nnnc1SCc1ccncc1Cl. The van der Waals surface area contributed by atoms with Crippen molar-refractivity contribution >= 4 is 23.4 Å². The van der Waals surface area contributed by atoms with Crippen LogP contribution in [0.5, 0.6) is 0 Å². The number of tetrazole rings is 1. The van der Waals surface area contributed by atoms with Gasteiger partial charge >= 0.3 is 0 Å². The number of pyridine rings is 1. The maximum atomic E-state index is 6.09. The van der Waals surface area contributed by atoms with Crippen LogP contribution in [0.25, 0.3) is 0 Å². The van der Waals surface area contributed by atoms with Crippen LogP contribution in [0.4, 0.5) is 0 Å². The number of hydrogen-bond acceptors (Lipinski definition) is 6. The second kappa shape index (κ2) is 7.20. The first-order chi connectivity index (χ1) is 9.96. The van der Waals surface area contributed by atoms with Crippen molar-refractivity contribution in [1.82, 2.24) is 30.5 Å². The smallest absolute Gasteiger partial charge is 0.209 e. The van der Waals surface area contributed by atoms with Crippen LogP contribution in [0.2, 0.25) is 5.02 Å². The van der Waals surface area contributed by atoms with Crippen LogP contribution in [-0.4, -0.2) is 37.3 Å². The zero-order valence-electron chi connectivity index (χ0n) is 12.4. The van der Waals surface area contributed by atoms with Crippen LogP contribution in [0, 0.1) is 0 Å². The van der Waals surface area contributed by atoms with E-state index in [0.29, 0.717) is 10.8 Å². The van der Waals surface area contributed by atoms with Gasteiger partial charge in [-0.15, -0.1) is 5.10 Å². The van der Waals surface area contributed by atoms with Crippen LogP contribution in [0.15, 0.2) is 23.6 Å². The highest BCUT2D eigenvalue weighted by atomic mass is 35.5. The summed E-state index contributed by atoms with van der Waals surface area (Å²) in [4.78, 5) is 3.98. The first-order valence-electron chi connectivity index (χ1n) is 6.68. The number of hydrogen-bond donors (Lipinski definition) is 1. The largest absolute Gasteiger partial charge is 0.310 e. The van der Waals surface area contributed by atoms with Gasteiger partial charge in [-0.3, -0.25) is 4.98 Å². The fraction of sp³-hybridized carbons (Fsp3) is 0.538. The van der Waals surface area contributed by atoms with E-state index in [2.05, 4.69) is 46.6 Å². The minimum Gasteiger partial charge on any atom is -0.310 e. The van der Waals surface area contributed by atoms with Gasteiger partial charge in [0.15, 0.2) is 0 Å². The van der Waals surface area contributed by atoms with Crippen LogP contribution in [-0.2, 0) is 12.3 Å².